The summed E-state index contributed by atoms with van der Waals surface area (Å²) in [6, 6.07) is 3.02. The maximum absolute atomic E-state index is 11.9. The molecule has 0 bridgehead atoms. The second-order valence-electron chi connectivity index (χ2n) is 4.28. The highest BCUT2D eigenvalue weighted by Crippen LogP contribution is 2.33. The summed E-state index contributed by atoms with van der Waals surface area (Å²) in [5.74, 6) is 0.821. The normalized spacial score (nSPS) is 16.1. The van der Waals surface area contributed by atoms with Crippen molar-refractivity contribution in [1.82, 2.24) is 9.71 Å². The molecule has 0 radical (unpaired) electrons. The first-order valence-electron chi connectivity index (χ1n) is 5.70. The number of pyridine rings is 1. The molecule has 0 unspecified atom stereocenters. The van der Waals surface area contributed by atoms with Gasteiger partial charge in [0.15, 0.2) is 0 Å². The molecule has 0 amide bonds. The first kappa shape index (κ1) is 12.8. The minimum absolute atomic E-state index is 0.0159. The Kier molecular flexibility index (Phi) is 4.01. The monoisotopic (exact) mass is 274 g/mol. The van der Waals surface area contributed by atoms with Gasteiger partial charge in [0, 0.05) is 12.7 Å². The van der Waals surface area contributed by atoms with Gasteiger partial charge < -0.3 is 0 Å². The topological polar surface area (TPSA) is 59.1 Å². The minimum atomic E-state index is -3.51. The molecule has 1 N–H and O–H groups in total. The highest BCUT2D eigenvalue weighted by atomic mass is 35.5. The molecule has 6 heteroatoms. The third-order valence-electron chi connectivity index (χ3n) is 2.79. The number of nitrogens with one attached hydrogen (secondary N) is 1. The van der Waals surface area contributed by atoms with Gasteiger partial charge in [0.2, 0.25) is 10.0 Å². The van der Waals surface area contributed by atoms with E-state index in [2.05, 4.69) is 9.71 Å². The summed E-state index contributed by atoms with van der Waals surface area (Å²) in [6.07, 6.45) is 6.03. The Morgan fingerprint density at radius 2 is 2.24 bits per heavy atom. The predicted molar refractivity (Wildman–Crippen MR) is 66.4 cm³/mol. The van der Waals surface area contributed by atoms with Crippen molar-refractivity contribution >= 4 is 21.6 Å². The summed E-state index contributed by atoms with van der Waals surface area (Å²) in [5.41, 5.74) is 0. The van der Waals surface area contributed by atoms with Crippen LogP contribution in [0.5, 0.6) is 0 Å². The van der Waals surface area contributed by atoms with E-state index in [1.807, 2.05) is 0 Å². The minimum Gasteiger partial charge on any atom is -0.243 e. The van der Waals surface area contributed by atoms with Crippen LogP contribution in [0.1, 0.15) is 25.7 Å². The first-order valence-corrected chi connectivity index (χ1v) is 7.56. The molecule has 1 aliphatic rings. The lowest BCUT2D eigenvalue weighted by molar-refractivity contribution is 0.572. The molecular weight excluding hydrogens is 260 g/mol. The average Bonchev–Trinajstić information content (AvgIpc) is 3.09. The zero-order valence-electron chi connectivity index (χ0n) is 9.39. The van der Waals surface area contributed by atoms with Crippen LogP contribution in [0.3, 0.4) is 0 Å². The van der Waals surface area contributed by atoms with Crippen LogP contribution in [0, 0.1) is 5.92 Å². The van der Waals surface area contributed by atoms with E-state index in [1.165, 1.54) is 25.1 Å². The summed E-state index contributed by atoms with van der Waals surface area (Å²) in [4.78, 5) is 3.81. The molecule has 1 heterocycles. The van der Waals surface area contributed by atoms with Gasteiger partial charge in [-0.3, -0.25) is 0 Å². The van der Waals surface area contributed by atoms with E-state index < -0.39 is 10.0 Å². The maximum atomic E-state index is 11.9. The Hall–Kier alpha value is -0.650. The summed E-state index contributed by atoms with van der Waals surface area (Å²) >= 11 is 5.75. The smallest absolute Gasteiger partial charge is 0.243 e. The van der Waals surface area contributed by atoms with Crippen LogP contribution < -0.4 is 4.72 Å². The molecule has 17 heavy (non-hydrogen) atoms. The van der Waals surface area contributed by atoms with Crippen molar-refractivity contribution in [2.45, 2.75) is 30.6 Å². The van der Waals surface area contributed by atoms with E-state index >= 15 is 0 Å². The van der Waals surface area contributed by atoms with Gasteiger partial charge in [-0.25, -0.2) is 18.1 Å². The molecule has 1 aliphatic carbocycles. The lowest BCUT2D eigenvalue weighted by Crippen LogP contribution is -2.25. The molecule has 0 atom stereocenters. The van der Waals surface area contributed by atoms with Crippen LogP contribution in [0.4, 0.5) is 0 Å². The van der Waals surface area contributed by atoms with E-state index in [9.17, 15) is 8.42 Å². The van der Waals surface area contributed by atoms with Crippen molar-refractivity contribution < 1.29 is 8.42 Å². The van der Waals surface area contributed by atoms with Crippen LogP contribution in [0.25, 0.3) is 0 Å². The van der Waals surface area contributed by atoms with Crippen LogP contribution >= 0.6 is 11.6 Å². The number of hydrogen-bond acceptors (Lipinski definition) is 3. The number of aromatic nitrogens is 1. The molecule has 1 saturated carbocycles. The average molecular weight is 275 g/mol. The molecule has 1 aromatic heterocycles. The molecule has 94 valence electrons. The highest BCUT2D eigenvalue weighted by molar-refractivity contribution is 7.89. The summed E-state index contributed by atoms with van der Waals surface area (Å²) in [7, 11) is -3.51. The second-order valence-corrected chi connectivity index (χ2v) is 6.37. The fourth-order valence-corrected chi connectivity index (χ4v) is 3.18. The van der Waals surface area contributed by atoms with Gasteiger partial charge in [-0.05, 0) is 30.9 Å². The third-order valence-corrected chi connectivity index (χ3v) is 4.70. The number of sulfonamides is 1. The van der Waals surface area contributed by atoms with Crippen molar-refractivity contribution in [2.75, 3.05) is 6.54 Å². The van der Waals surface area contributed by atoms with Crippen molar-refractivity contribution in [3.63, 3.8) is 0 Å². The molecule has 0 aromatic carbocycles. The van der Waals surface area contributed by atoms with Crippen LogP contribution in [0.2, 0.25) is 5.15 Å². The Bertz CT molecular complexity index is 486. The van der Waals surface area contributed by atoms with Gasteiger partial charge >= 0.3 is 0 Å². The summed E-state index contributed by atoms with van der Waals surface area (Å²) in [5, 5.41) is 0.0159. The molecular formula is C11H15ClN2O2S. The summed E-state index contributed by atoms with van der Waals surface area (Å²) in [6.45, 7) is 0.462. The first-order chi connectivity index (χ1) is 8.09. The van der Waals surface area contributed by atoms with Gasteiger partial charge in [-0.15, -0.1) is 0 Å². The SMILES string of the molecule is O=S(=O)(NCCCC1CC1)c1cccnc1Cl. The van der Waals surface area contributed by atoms with E-state index in [-0.39, 0.29) is 10.0 Å². The lowest BCUT2D eigenvalue weighted by atomic mass is 10.2. The Labute approximate surface area is 106 Å². The van der Waals surface area contributed by atoms with Crippen LogP contribution in [-0.4, -0.2) is 19.9 Å². The molecule has 0 saturated heterocycles. The van der Waals surface area contributed by atoms with E-state index in [1.54, 1.807) is 6.07 Å². The standard InChI is InChI=1S/C11H15ClN2O2S/c12-11-10(4-2-7-13-11)17(15,16)14-8-1-3-9-5-6-9/h2,4,7,9,14H,1,3,5-6,8H2. The van der Waals surface area contributed by atoms with Crippen molar-refractivity contribution in [3.05, 3.63) is 23.5 Å². The molecule has 1 fully saturated rings. The predicted octanol–water partition coefficient (Wildman–Crippen LogP) is 2.20. The zero-order chi connectivity index (χ0) is 12.3. The van der Waals surface area contributed by atoms with E-state index in [0.717, 1.165) is 18.8 Å². The van der Waals surface area contributed by atoms with Gasteiger partial charge in [-0.2, -0.15) is 0 Å². The van der Waals surface area contributed by atoms with Gasteiger partial charge in [-0.1, -0.05) is 24.4 Å². The van der Waals surface area contributed by atoms with Crippen LogP contribution in [0.15, 0.2) is 23.2 Å². The number of nitrogens with zero attached hydrogens (tertiary/aromatic N) is 1. The summed E-state index contributed by atoms with van der Waals surface area (Å²) < 4.78 is 26.3. The van der Waals surface area contributed by atoms with Crippen molar-refractivity contribution in [1.29, 1.82) is 0 Å². The zero-order valence-corrected chi connectivity index (χ0v) is 11.0. The largest absolute Gasteiger partial charge is 0.243 e. The van der Waals surface area contributed by atoms with Gasteiger partial charge in [0.1, 0.15) is 10.0 Å². The highest BCUT2D eigenvalue weighted by Gasteiger charge is 2.21. The number of rotatable bonds is 6. The fraction of sp³-hybridized carbons (Fsp3) is 0.545. The number of halogens is 1. The van der Waals surface area contributed by atoms with Gasteiger partial charge in [0.05, 0.1) is 0 Å². The Morgan fingerprint density at radius 1 is 1.47 bits per heavy atom. The number of hydrogen-bond donors (Lipinski definition) is 1. The quantitative estimate of drug-likeness (QED) is 0.639. The molecule has 1 aromatic rings. The second kappa shape index (κ2) is 5.33. The molecule has 0 spiro atoms. The van der Waals surface area contributed by atoms with E-state index in [4.69, 9.17) is 11.6 Å². The lowest BCUT2D eigenvalue weighted by Gasteiger charge is -2.07. The molecule has 0 aliphatic heterocycles. The van der Waals surface area contributed by atoms with E-state index in [0.29, 0.717) is 6.54 Å². The molecule has 4 nitrogen and oxygen atoms in total. The fourth-order valence-electron chi connectivity index (χ4n) is 1.65. The Balaban J connectivity index is 1.91. The molecule has 2 rings (SSSR count). The van der Waals surface area contributed by atoms with Crippen molar-refractivity contribution in [2.24, 2.45) is 5.92 Å². The Morgan fingerprint density at radius 3 is 2.88 bits per heavy atom. The maximum Gasteiger partial charge on any atom is 0.243 e. The van der Waals surface area contributed by atoms with Crippen LogP contribution in [-0.2, 0) is 10.0 Å². The van der Waals surface area contributed by atoms with Gasteiger partial charge in [0.25, 0.3) is 0 Å². The third kappa shape index (κ3) is 3.66. The van der Waals surface area contributed by atoms with Crippen molar-refractivity contribution in [3.8, 4) is 0 Å².